The molecule has 1 unspecified atom stereocenters. The summed E-state index contributed by atoms with van der Waals surface area (Å²) in [5, 5.41) is 22.1. The zero-order valence-electron chi connectivity index (χ0n) is 10.7. The summed E-state index contributed by atoms with van der Waals surface area (Å²) in [7, 11) is 0. The van der Waals surface area contributed by atoms with Crippen molar-refractivity contribution in [1.82, 2.24) is 5.32 Å². The molecule has 0 aliphatic heterocycles. The van der Waals surface area contributed by atoms with E-state index in [0.29, 0.717) is 12.6 Å². The maximum absolute atomic E-state index is 9.76. The third kappa shape index (κ3) is 3.98. The maximum atomic E-state index is 9.76. The summed E-state index contributed by atoms with van der Waals surface area (Å²) in [6, 6.07) is 8.11. The minimum Gasteiger partial charge on any atom is -0.491 e. The summed E-state index contributed by atoms with van der Waals surface area (Å²) >= 11 is 0. The molecular weight excluding hydrogens is 230 g/mol. The summed E-state index contributed by atoms with van der Waals surface area (Å²) in [5.41, 5.74) is 1.14. The largest absolute Gasteiger partial charge is 0.491 e. The average molecular weight is 251 g/mol. The molecule has 0 heterocycles. The van der Waals surface area contributed by atoms with Crippen molar-refractivity contribution in [3.8, 4) is 5.75 Å². The van der Waals surface area contributed by atoms with Gasteiger partial charge in [0.05, 0.1) is 6.10 Å². The summed E-state index contributed by atoms with van der Waals surface area (Å²) in [4.78, 5) is 0. The van der Waals surface area contributed by atoms with E-state index in [0.717, 1.165) is 24.2 Å². The number of aryl methyl sites for hydroxylation is 1. The van der Waals surface area contributed by atoms with E-state index in [9.17, 15) is 5.11 Å². The highest BCUT2D eigenvalue weighted by Crippen LogP contribution is 2.19. The Morgan fingerprint density at radius 3 is 2.89 bits per heavy atom. The highest BCUT2D eigenvalue weighted by Gasteiger charge is 2.26. The molecule has 0 radical (unpaired) electrons. The first kappa shape index (κ1) is 13.3. The van der Waals surface area contributed by atoms with Crippen LogP contribution in [-0.2, 0) is 0 Å². The van der Waals surface area contributed by atoms with Crippen LogP contribution in [0.15, 0.2) is 24.3 Å². The molecule has 0 aromatic heterocycles. The van der Waals surface area contributed by atoms with Crippen LogP contribution >= 0.6 is 0 Å². The molecule has 1 fully saturated rings. The topological polar surface area (TPSA) is 61.7 Å². The smallest absolute Gasteiger partial charge is 0.119 e. The normalized spacial score (nSPS) is 24.4. The van der Waals surface area contributed by atoms with Gasteiger partial charge in [-0.1, -0.05) is 12.1 Å². The van der Waals surface area contributed by atoms with Crippen LogP contribution in [-0.4, -0.2) is 41.6 Å². The van der Waals surface area contributed by atoms with E-state index in [4.69, 9.17) is 9.84 Å². The summed E-state index contributed by atoms with van der Waals surface area (Å²) in [6.45, 7) is 2.79. The van der Waals surface area contributed by atoms with Crippen molar-refractivity contribution in [1.29, 1.82) is 0 Å². The Bertz CT molecular complexity index is 377. The number of hydrogen-bond donors (Lipinski definition) is 3. The third-order valence-corrected chi connectivity index (χ3v) is 3.19. The van der Waals surface area contributed by atoms with Crippen LogP contribution in [0.1, 0.15) is 18.4 Å². The number of benzene rings is 1. The quantitative estimate of drug-likeness (QED) is 0.701. The summed E-state index contributed by atoms with van der Waals surface area (Å²) in [6.07, 6.45) is 0.878. The Morgan fingerprint density at radius 1 is 1.44 bits per heavy atom. The summed E-state index contributed by atoms with van der Waals surface area (Å²) in [5.74, 6) is 0.785. The molecule has 1 aromatic carbocycles. The number of hydrogen-bond acceptors (Lipinski definition) is 4. The number of nitrogens with one attached hydrogen (secondary N) is 1. The molecule has 4 heteroatoms. The van der Waals surface area contributed by atoms with Gasteiger partial charge < -0.3 is 20.3 Å². The standard InChI is InChI=1S/C14H21NO3/c1-10-3-2-4-14(5-10)18-9-13(17)8-15-11-6-12(16)7-11/h2-5,11-13,15-17H,6-9H2,1H3. The molecular formula is C14H21NO3. The fraction of sp³-hybridized carbons (Fsp3) is 0.571. The zero-order chi connectivity index (χ0) is 13.0. The minimum absolute atomic E-state index is 0.164. The first-order valence-corrected chi connectivity index (χ1v) is 6.42. The van der Waals surface area contributed by atoms with Crippen molar-refractivity contribution < 1.29 is 14.9 Å². The van der Waals surface area contributed by atoms with Crippen molar-refractivity contribution in [2.45, 2.75) is 38.0 Å². The minimum atomic E-state index is -0.525. The van der Waals surface area contributed by atoms with Crippen LogP contribution in [0.3, 0.4) is 0 Å². The van der Waals surface area contributed by atoms with Crippen molar-refractivity contribution in [3.05, 3.63) is 29.8 Å². The molecule has 1 aliphatic rings. The second-order valence-electron chi connectivity index (χ2n) is 5.01. The van der Waals surface area contributed by atoms with Gasteiger partial charge in [0.2, 0.25) is 0 Å². The predicted molar refractivity (Wildman–Crippen MR) is 69.7 cm³/mol. The molecule has 0 spiro atoms. The molecule has 2 rings (SSSR count). The van der Waals surface area contributed by atoms with Gasteiger partial charge in [0.1, 0.15) is 18.5 Å². The lowest BCUT2D eigenvalue weighted by atomic mass is 9.89. The fourth-order valence-electron chi connectivity index (χ4n) is 2.01. The van der Waals surface area contributed by atoms with Crippen LogP contribution < -0.4 is 10.1 Å². The highest BCUT2D eigenvalue weighted by molar-refractivity contribution is 5.27. The Balaban J connectivity index is 1.63. The zero-order valence-corrected chi connectivity index (χ0v) is 10.7. The molecule has 1 saturated carbocycles. The Kier molecular flexibility index (Phi) is 4.58. The molecule has 1 atom stereocenters. The van der Waals surface area contributed by atoms with Gasteiger partial charge in [0.25, 0.3) is 0 Å². The number of aliphatic hydroxyl groups is 2. The van der Waals surface area contributed by atoms with E-state index in [1.807, 2.05) is 31.2 Å². The Labute approximate surface area is 108 Å². The molecule has 0 saturated heterocycles. The van der Waals surface area contributed by atoms with E-state index in [2.05, 4.69) is 5.32 Å². The van der Waals surface area contributed by atoms with Gasteiger partial charge in [-0.25, -0.2) is 0 Å². The van der Waals surface area contributed by atoms with Crippen LogP contribution in [0.4, 0.5) is 0 Å². The summed E-state index contributed by atoms with van der Waals surface area (Å²) < 4.78 is 5.51. The first-order valence-electron chi connectivity index (χ1n) is 6.42. The lowest BCUT2D eigenvalue weighted by molar-refractivity contribution is 0.0488. The number of rotatable bonds is 6. The molecule has 1 aromatic rings. The molecule has 0 amide bonds. The van der Waals surface area contributed by atoms with Gasteiger partial charge in [-0.3, -0.25) is 0 Å². The van der Waals surface area contributed by atoms with Gasteiger partial charge >= 0.3 is 0 Å². The van der Waals surface area contributed by atoms with Gasteiger partial charge in [-0.05, 0) is 37.5 Å². The third-order valence-electron chi connectivity index (χ3n) is 3.19. The maximum Gasteiger partial charge on any atom is 0.119 e. The Morgan fingerprint density at radius 2 is 2.22 bits per heavy atom. The molecule has 4 nitrogen and oxygen atoms in total. The van der Waals surface area contributed by atoms with Crippen molar-refractivity contribution in [2.75, 3.05) is 13.2 Å². The van der Waals surface area contributed by atoms with Crippen LogP contribution in [0.5, 0.6) is 5.75 Å². The lowest BCUT2D eigenvalue weighted by Crippen LogP contribution is -2.47. The SMILES string of the molecule is Cc1cccc(OCC(O)CNC2CC(O)C2)c1. The van der Waals surface area contributed by atoms with E-state index in [-0.39, 0.29) is 12.7 Å². The van der Waals surface area contributed by atoms with Gasteiger partial charge in [-0.2, -0.15) is 0 Å². The van der Waals surface area contributed by atoms with Crippen molar-refractivity contribution >= 4 is 0 Å². The molecule has 0 bridgehead atoms. The lowest BCUT2D eigenvalue weighted by Gasteiger charge is -2.32. The van der Waals surface area contributed by atoms with Gasteiger partial charge in [0, 0.05) is 12.6 Å². The van der Waals surface area contributed by atoms with E-state index >= 15 is 0 Å². The van der Waals surface area contributed by atoms with Crippen LogP contribution in [0, 0.1) is 6.92 Å². The fourth-order valence-corrected chi connectivity index (χ4v) is 2.01. The molecule has 3 N–H and O–H groups in total. The first-order chi connectivity index (χ1) is 8.63. The number of ether oxygens (including phenoxy) is 1. The molecule has 100 valence electrons. The van der Waals surface area contributed by atoms with Crippen molar-refractivity contribution in [3.63, 3.8) is 0 Å². The van der Waals surface area contributed by atoms with Crippen molar-refractivity contribution in [2.24, 2.45) is 0 Å². The molecule has 1 aliphatic carbocycles. The highest BCUT2D eigenvalue weighted by atomic mass is 16.5. The Hall–Kier alpha value is -1.10. The van der Waals surface area contributed by atoms with Crippen LogP contribution in [0.2, 0.25) is 0 Å². The van der Waals surface area contributed by atoms with E-state index in [1.165, 1.54) is 0 Å². The van der Waals surface area contributed by atoms with E-state index in [1.54, 1.807) is 0 Å². The van der Waals surface area contributed by atoms with Crippen LogP contribution in [0.25, 0.3) is 0 Å². The average Bonchev–Trinajstić information content (AvgIpc) is 2.31. The van der Waals surface area contributed by atoms with E-state index < -0.39 is 6.10 Å². The number of aliphatic hydroxyl groups excluding tert-OH is 2. The van der Waals surface area contributed by atoms with Gasteiger partial charge in [0.15, 0.2) is 0 Å². The second-order valence-corrected chi connectivity index (χ2v) is 5.01. The monoisotopic (exact) mass is 251 g/mol. The second kappa shape index (κ2) is 6.18. The van der Waals surface area contributed by atoms with Gasteiger partial charge in [-0.15, -0.1) is 0 Å². The molecule has 18 heavy (non-hydrogen) atoms. The predicted octanol–water partition coefficient (Wildman–Crippen LogP) is 0.848.